The molecule has 0 N–H and O–H groups in total. The Labute approximate surface area is 60.9 Å². The summed E-state index contributed by atoms with van der Waals surface area (Å²) in [5.41, 5.74) is 1.36. The van der Waals surface area contributed by atoms with E-state index < -0.39 is 0 Å². The van der Waals surface area contributed by atoms with Gasteiger partial charge in [-0.25, -0.2) is 0 Å². The summed E-state index contributed by atoms with van der Waals surface area (Å²) >= 11 is 0. The van der Waals surface area contributed by atoms with Crippen molar-refractivity contribution in [3.8, 4) is 11.8 Å². The molecule has 0 saturated carbocycles. The van der Waals surface area contributed by atoms with Gasteiger partial charge in [-0.05, 0) is 5.56 Å². The maximum atomic E-state index is 3.11. The molecule has 0 fully saturated rings. The third-order valence-corrected chi connectivity index (χ3v) is 1.78. The second-order valence-corrected chi connectivity index (χ2v) is 2.49. The van der Waals surface area contributed by atoms with E-state index in [2.05, 4.69) is 36.1 Å². The van der Waals surface area contributed by atoms with Gasteiger partial charge in [-0.1, -0.05) is 36.3 Å². The summed E-state index contributed by atoms with van der Waals surface area (Å²) in [6.07, 6.45) is 1.05. The summed E-state index contributed by atoms with van der Waals surface area (Å²) in [4.78, 5) is 0. The Kier molecular flexibility index (Phi) is 1.22. The topological polar surface area (TPSA) is 0 Å². The van der Waals surface area contributed by atoms with Gasteiger partial charge in [0.05, 0.1) is 5.92 Å². The van der Waals surface area contributed by atoms with Crippen molar-refractivity contribution >= 4 is 0 Å². The van der Waals surface area contributed by atoms with E-state index in [-0.39, 0.29) is 0 Å². The third kappa shape index (κ3) is 0.804. The summed E-state index contributed by atoms with van der Waals surface area (Å²) < 4.78 is 0. The average molecular weight is 128 g/mol. The molecule has 0 nitrogen and oxygen atoms in total. The standard InChI is InChI=1S/C10H8/c1-2-5-9(6-3-1)10-7-4-8-10/h1-3,5-6,10H,7H2. The molecule has 0 aliphatic heterocycles. The molecule has 1 aliphatic carbocycles. The van der Waals surface area contributed by atoms with Gasteiger partial charge < -0.3 is 0 Å². The smallest absolute Gasteiger partial charge is 0.0561 e. The third-order valence-electron chi connectivity index (χ3n) is 1.78. The fraction of sp³-hybridized carbons (Fsp3) is 0.200. The molecule has 0 aromatic heterocycles. The quantitative estimate of drug-likeness (QED) is 0.508. The van der Waals surface area contributed by atoms with Crippen LogP contribution < -0.4 is 0 Å². The number of hydrogen-bond acceptors (Lipinski definition) is 0. The zero-order chi connectivity index (χ0) is 6.81. The zero-order valence-electron chi connectivity index (χ0n) is 5.67. The first kappa shape index (κ1) is 5.56. The summed E-state index contributed by atoms with van der Waals surface area (Å²) in [6, 6.07) is 10.4. The molecule has 0 radical (unpaired) electrons. The van der Waals surface area contributed by atoms with E-state index in [1.54, 1.807) is 0 Å². The van der Waals surface area contributed by atoms with Crippen LogP contribution in [-0.4, -0.2) is 0 Å². The molecule has 1 aliphatic rings. The van der Waals surface area contributed by atoms with E-state index in [1.165, 1.54) is 5.56 Å². The first-order valence-electron chi connectivity index (χ1n) is 3.50. The van der Waals surface area contributed by atoms with Crippen LogP contribution in [-0.2, 0) is 0 Å². The van der Waals surface area contributed by atoms with Gasteiger partial charge in [0.2, 0.25) is 0 Å². The highest BCUT2D eigenvalue weighted by Gasteiger charge is 2.10. The second-order valence-electron chi connectivity index (χ2n) is 2.49. The maximum Gasteiger partial charge on any atom is 0.0561 e. The average Bonchev–Trinajstić information content (AvgIpc) is 1.86. The molecule has 1 unspecified atom stereocenters. The molecule has 1 aromatic carbocycles. The Bertz CT molecular complexity index is 274. The van der Waals surface area contributed by atoms with Gasteiger partial charge >= 0.3 is 0 Å². The Balaban J connectivity index is 2.30. The van der Waals surface area contributed by atoms with E-state index >= 15 is 0 Å². The zero-order valence-corrected chi connectivity index (χ0v) is 5.67. The Hall–Kier alpha value is -1.22. The molecule has 0 heterocycles. The van der Waals surface area contributed by atoms with Gasteiger partial charge in [0.1, 0.15) is 0 Å². The molecule has 10 heavy (non-hydrogen) atoms. The lowest BCUT2D eigenvalue weighted by atomic mass is 9.91. The van der Waals surface area contributed by atoms with Crippen molar-refractivity contribution in [2.45, 2.75) is 12.3 Å². The van der Waals surface area contributed by atoms with E-state index in [9.17, 15) is 0 Å². The van der Waals surface area contributed by atoms with Crippen LogP contribution in [0.4, 0.5) is 0 Å². The van der Waals surface area contributed by atoms with E-state index in [0.29, 0.717) is 5.92 Å². The van der Waals surface area contributed by atoms with Gasteiger partial charge in [0.15, 0.2) is 0 Å². The van der Waals surface area contributed by atoms with Gasteiger partial charge in [0.25, 0.3) is 0 Å². The first-order valence-corrected chi connectivity index (χ1v) is 3.50. The SMILES string of the molecule is C1#CC(c2ccccc2)C1. The number of rotatable bonds is 1. The lowest BCUT2D eigenvalue weighted by Crippen LogP contribution is -2.00. The van der Waals surface area contributed by atoms with Crippen LogP contribution in [0.15, 0.2) is 30.3 Å². The Morgan fingerprint density at radius 3 is 2.40 bits per heavy atom. The second kappa shape index (κ2) is 2.19. The first-order chi connectivity index (χ1) is 4.97. The molecular weight excluding hydrogens is 120 g/mol. The highest BCUT2D eigenvalue weighted by atomic mass is 14.1. The Morgan fingerprint density at radius 1 is 1.20 bits per heavy atom. The van der Waals surface area contributed by atoms with Crippen molar-refractivity contribution in [1.29, 1.82) is 0 Å². The van der Waals surface area contributed by atoms with Gasteiger partial charge in [-0.15, -0.1) is 5.92 Å². The molecule has 0 amide bonds. The van der Waals surface area contributed by atoms with Gasteiger partial charge in [0, 0.05) is 6.42 Å². The molecule has 1 atom stereocenters. The molecule has 0 saturated heterocycles. The maximum absolute atomic E-state index is 3.11. The number of hydrogen-bond donors (Lipinski definition) is 0. The molecular formula is C10H8. The van der Waals surface area contributed by atoms with E-state index in [0.717, 1.165) is 6.42 Å². The largest absolute Gasteiger partial charge is 0.101 e. The normalized spacial score (nSPS) is 20.6. The highest BCUT2D eigenvalue weighted by molar-refractivity contribution is 5.35. The van der Waals surface area contributed by atoms with E-state index in [4.69, 9.17) is 0 Å². The fourth-order valence-electron chi connectivity index (χ4n) is 1.09. The summed E-state index contributed by atoms with van der Waals surface area (Å²) in [6.45, 7) is 0. The lowest BCUT2D eigenvalue weighted by Gasteiger charge is -2.12. The predicted molar refractivity (Wildman–Crippen MR) is 41.6 cm³/mol. The van der Waals surface area contributed by atoms with Crippen LogP contribution in [0, 0.1) is 11.8 Å². The highest BCUT2D eigenvalue weighted by Crippen LogP contribution is 2.22. The van der Waals surface area contributed by atoms with E-state index in [1.807, 2.05) is 6.07 Å². The molecule has 1 aromatic rings. The van der Waals surface area contributed by atoms with Crippen molar-refractivity contribution in [3.05, 3.63) is 35.9 Å². The van der Waals surface area contributed by atoms with Crippen molar-refractivity contribution in [2.24, 2.45) is 0 Å². The Morgan fingerprint density at radius 2 is 1.90 bits per heavy atom. The summed E-state index contributed by atoms with van der Waals surface area (Å²) in [5.74, 6) is 6.65. The molecule has 48 valence electrons. The van der Waals surface area contributed by atoms with Crippen LogP contribution in [0.25, 0.3) is 0 Å². The minimum atomic E-state index is 0.529. The van der Waals surface area contributed by atoms with Crippen LogP contribution in [0.1, 0.15) is 17.9 Å². The molecule has 2 rings (SSSR count). The predicted octanol–water partition coefficient (Wildman–Crippen LogP) is 2.18. The number of benzene rings is 1. The lowest BCUT2D eigenvalue weighted by molar-refractivity contribution is 0.867. The van der Waals surface area contributed by atoms with Crippen LogP contribution in [0.5, 0.6) is 0 Å². The van der Waals surface area contributed by atoms with Gasteiger partial charge in [-0.3, -0.25) is 0 Å². The molecule has 0 bridgehead atoms. The van der Waals surface area contributed by atoms with Crippen molar-refractivity contribution in [3.63, 3.8) is 0 Å². The van der Waals surface area contributed by atoms with Crippen molar-refractivity contribution < 1.29 is 0 Å². The van der Waals surface area contributed by atoms with Crippen molar-refractivity contribution in [1.82, 2.24) is 0 Å². The molecule has 0 spiro atoms. The van der Waals surface area contributed by atoms with Crippen LogP contribution in [0.3, 0.4) is 0 Å². The molecule has 0 heteroatoms. The minimum Gasteiger partial charge on any atom is -0.101 e. The van der Waals surface area contributed by atoms with Crippen LogP contribution in [0.2, 0.25) is 0 Å². The summed E-state index contributed by atoms with van der Waals surface area (Å²) in [5, 5.41) is 0. The minimum absolute atomic E-state index is 0.529. The fourth-order valence-corrected chi connectivity index (χ4v) is 1.09. The van der Waals surface area contributed by atoms with Crippen molar-refractivity contribution in [2.75, 3.05) is 0 Å². The summed E-state index contributed by atoms with van der Waals surface area (Å²) in [7, 11) is 0. The monoisotopic (exact) mass is 128 g/mol. The van der Waals surface area contributed by atoms with Crippen LogP contribution >= 0.6 is 0 Å². The van der Waals surface area contributed by atoms with Gasteiger partial charge in [-0.2, -0.15) is 0 Å².